The minimum atomic E-state index is -1.55. The molecule has 1 amide bonds. The van der Waals surface area contributed by atoms with Gasteiger partial charge in [0.25, 0.3) is 0 Å². The van der Waals surface area contributed by atoms with Crippen molar-refractivity contribution >= 4 is 5.91 Å². The van der Waals surface area contributed by atoms with Crippen LogP contribution < -0.4 is 5.32 Å². The molecule has 1 saturated heterocycles. The van der Waals surface area contributed by atoms with E-state index in [1.807, 2.05) is 0 Å². The van der Waals surface area contributed by atoms with Gasteiger partial charge in [0.1, 0.15) is 24.4 Å². The van der Waals surface area contributed by atoms with E-state index in [-0.39, 0.29) is 12.5 Å². The maximum Gasteiger partial charge on any atom is 0.220 e. The van der Waals surface area contributed by atoms with Crippen molar-refractivity contribution < 1.29 is 39.8 Å². The van der Waals surface area contributed by atoms with Crippen molar-refractivity contribution in [1.82, 2.24) is 5.32 Å². The van der Waals surface area contributed by atoms with Gasteiger partial charge >= 0.3 is 0 Å². The molecule has 1 rings (SSSR count). The van der Waals surface area contributed by atoms with Crippen LogP contribution in [-0.4, -0.2) is 87.5 Å². The van der Waals surface area contributed by atoms with Crippen LogP contribution in [0.4, 0.5) is 0 Å². The highest BCUT2D eigenvalue weighted by Gasteiger charge is 2.44. The van der Waals surface area contributed by atoms with E-state index in [0.29, 0.717) is 12.8 Å². The van der Waals surface area contributed by atoms with Crippen LogP contribution in [0, 0.1) is 0 Å². The van der Waals surface area contributed by atoms with Crippen molar-refractivity contribution in [2.24, 2.45) is 0 Å². The number of nitrogens with one attached hydrogen (secondary N) is 1. The number of hydrogen-bond donors (Lipinski definition) is 6. The molecule has 0 saturated carbocycles. The summed E-state index contributed by atoms with van der Waals surface area (Å²) in [5.74, 6) is -0.142. The molecule has 2 unspecified atom stereocenters. The third-order valence-corrected chi connectivity index (χ3v) is 12.4. The van der Waals surface area contributed by atoms with E-state index in [4.69, 9.17) is 9.47 Å². The predicted octanol–water partition coefficient (Wildman–Crippen LogP) is 11.3. The van der Waals surface area contributed by atoms with E-state index in [0.717, 1.165) is 38.5 Å². The molecule has 9 nitrogen and oxygen atoms in total. The summed E-state index contributed by atoms with van der Waals surface area (Å²) in [5, 5.41) is 54.5. The summed E-state index contributed by atoms with van der Waals surface area (Å²) in [6, 6.07) is -0.715. The first-order chi connectivity index (χ1) is 28.8. The number of carbonyl (C=O) groups is 1. The Morgan fingerprint density at radius 2 is 0.949 bits per heavy atom. The SMILES string of the molecule is CCCCCCCC/C=C/CCCCCCCCCCCCCC(=O)N[C@@H](CO[C@H]1O[C@@H](CO)[C@H](O)C(O)C1O)[C@H](O)CCCCCCCCCCCCCCCCC. The Bertz CT molecular complexity index is 935. The van der Waals surface area contributed by atoms with Crippen LogP contribution in [0.15, 0.2) is 12.2 Å². The van der Waals surface area contributed by atoms with E-state index in [1.165, 1.54) is 180 Å². The van der Waals surface area contributed by atoms with Gasteiger partial charge in [-0.15, -0.1) is 0 Å². The summed E-state index contributed by atoms with van der Waals surface area (Å²) in [4.78, 5) is 13.0. The number of unbranched alkanes of at least 4 members (excludes halogenated alkanes) is 31. The molecule has 1 heterocycles. The molecule has 0 spiro atoms. The van der Waals surface area contributed by atoms with E-state index in [9.17, 15) is 30.3 Å². The highest BCUT2D eigenvalue weighted by atomic mass is 16.7. The molecule has 1 fully saturated rings. The molecule has 0 bridgehead atoms. The lowest BCUT2D eigenvalue weighted by atomic mass is 9.99. The zero-order valence-corrected chi connectivity index (χ0v) is 38.5. The number of hydrogen-bond acceptors (Lipinski definition) is 8. The topological polar surface area (TPSA) is 149 Å². The molecular weight excluding hydrogens is 743 g/mol. The normalized spacial score (nSPS) is 20.7. The third-order valence-electron chi connectivity index (χ3n) is 12.4. The number of amides is 1. The Balaban J connectivity index is 2.26. The molecule has 0 aromatic rings. The Morgan fingerprint density at radius 3 is 1.37 bits per heavy atom. The summed E-state index contributed by atoms with van der Waals surface area (Å²) in [6.45, 7) is 3.85. The highest BCUT2D eigenvalue weighted by molar-refractivity contribution is 5.76. The largest absolute Gasteiger partial charge is 0.394 e. The summed E-state index contributed by atoms with van der Waals surface area (Å²) in [6.07, 6.45) is 40.7. The summed E-state index contributed by atoms with van der Waals surface area (Å²) < 4.78 is 11.3. The van der Waals surface area contributed by atoms with Crippen LogP contribution in [-0.2, 0) is 14.3 Å². The summed E-state index contributed by atoms with van der Waals surface area (Å²) >= 11 is 0. The quantitative estimate of drug-likeness (QED) is 0.0263. The summed E-state index contributed by atoms with van der Waals surface area (Å²) in [7, 11) is 0. The molecule has 1 aliphatic heterocycles. The van der Waals surface area contributed by atoms with Crippen molar-refractivity contribution in [2.75, 3.05) is 13.2 Å². The van der Waals surface area contributed by atoms with Crippen LogP contribution >= 0.6 is 0 Å². The molecular formula is C50H97NO8. The van der Waals surface area contributed by atoms with E-state index in [1.54, 1.807) is 0 Å². The molecule has 9 heteroatoms. The van der Waals surface area contributed by atoms with Gasteiger partial charge in [-0.2, -0.15) is 0 Å². The lowest BCUT2D eigenvalue weighted by Crippen LogP contribution is -2.60. The smallest absolute Gasteiger partial charge is 0.220 e. The van der Waals surface area contributed by atoms with Crippen LogP contribution in [0.25, 0.3) is 0 Å². The number of rotatable bonds is 43. The Hall–Kier alpha value is -1.07. The standard InChI is InChI=1S/C50H97NO8/c1-3-5-7-9-11-13-15-17-19-20-21-22-23-24-26-28-30-32-34-36-38-40-46(54)51-43(42-58-50-49(57)48(56)47(55)45(41-52)59-50)44(53)39-37-35-33-31-29-27-25-18-16-14-12-10-8-6-4-2/h17,19,43-45,47-50,52-53,55-57H,3-16,18,20-42H2,1-2H3,(H,51,54)/b19-17+/t43-,44+,45-,47-,48?,49?,50-/m0/s1. The molecule has 6 N–H and O–H groups in total. The van der Waals surface area contributed by atoms with Gasteiger partial charge in [0.2, 0.25) is 5.91 Å². The third kappa shape index (κ3) is 31.4. The maximum atomic E-state index is 13.0. The van der Waals surface area contributed by atoms with Crippen molar-refractivity contribution in [3.05, 3.63) is 12.2 Å². The van der Waals surface area contributed by atoms with Gasteiger partial charge in [-0.05, 0) is 38.5 Å². The van der Waals surface area contributed by atoms with Gasteiger partial charge in [-0.3, -0.25) is 4.79 Å². The fourth-order valence-corrected chi connectivity index (χ4v) is 8.27. The zero-order valence-electron chi connectivity index (χ0n) is 38.5. The molecule has 0 aromatic heterocycles. The van der Waals surface area contributed by atoms with Crippen LogP contribution in [0.5, 0.6) is 0 Å². The van der Waals surface area contributed by atoms with Crippen LogP contribution in [0.3, 0.4) is 0 Å². The van der Waals surface area contributed by atoms with E-state index < -0.39 is 49.5 Å². The van der Waals surface area contributed by atoms with E-state index in [2.05, 4.69) is 31.3 Å². The van der Waals surface area contributed by atoms with Crippen molar-refractivity contribution in [1.29, 1.82) is 0 Å². The molecule has 59 heavy (non-hydrogen) atoms. The minimum absolute atomic E-state index is 0.134. The van der Waals surface area contributed by atoms with Crippen LogP contribution in [0.2, 0.25) is 0 Å². The monoisotopic (exact) mass is 840 g/mol. The molecule has 1 aliphatic rings. The van der Waals surface area contributed by atoms with Crippen molar-refractivity contribution in [2.45, 2.75) is 288 Å². The predicted molar refractivity (Wildman–Crippen MR) is 244 cm³/mol. The molecule has 0 radical (unpaired) electrons. The Morgan fingerprint density at radius 1 is 0.559 bits per heavy atom. The van der Waals surface area contributed by atoms with Crippen LogP contribution in [0.1, 0.15) is 245 Å². The van der Waals surface area contributed by atoms with Gasteiger partial charge in [-0.25, -0.2) is 0 Å². The van der Waals surface area contributed by atoms with Gasteiger partial charge in [-0.1, -0.05) is 212 Å². The second-order valence-corrected chi connectivity index (χ2v) is 18.0. The Labute approximate surface area is 363 Å². The van der Waals surface area contributed by atoms with Gasteiger partial charge in [0.15, 0.2) is 6.29 Å². The molecule has 0 aliphatic carbocycles. The fraction of sp³-hybridized carbons (Fsp3) is 0.940. The fourth-order valence-electron chi connectivity index (χ4n) is 8.27. The number of ether oxygens (including phenoxy) is 2. The second kappa shape index (κ2) is 41.0. The molecule has 350 valence electrons. The first kappa shape index (κ1) is 55.9. The highest BCUT2D eigenvalue weighted by Crippen LogP contribution is 2.23. The maximum absolute atomic E-state index is 13.0. The number of carbonyl (C=O) groups excluding carboxylic acids is 1. The average molecular weight is 840 g/mol. The second-order valence-electron chi connectivity index (χ2n) is 18.0. The first-order valence-corrected chi connectivity index (χ1v) is 25.4. The minimum Gasteiger partial charge on any atom is -0.394 e. The lowest BCUT2D eigenvalue weighted by molar-refractivity contribution is -0.302. The number of aliphatic hydroxyl groups excluding tert-OH is 5. The van der Waals surface area contributed by atoms with Gasteiger partial charge < -0.3 is 40.3 Å². The summed E-state index contributed by atoms with van der Waals surface area (Å²) in [5.41, 5.74) is 0. The zero-order chi connectivity index (χ0) is 43.0. The van der Waals surface area contributed by atoms with Gasteiger partial charge in [0, 0.05) is 6.42 Å². The number of aliphatic hydroxyl groups is 5. The lowest BCUT2D eigenvalue weighted by Gasteiger charge is -2.40. The van der Waals surface area contributed by atoms with E-state index >= 15 is 0 Å². The number of allylic oxidation sites excluding steroid dienone is 2. The van der Waals surface area contributed by atoms with Crippen molar-refractivity contribution in [3.8, 4) is 0 Å². The van der Waals surface area contributed by atoms with Gasteiger partial charge in [0.05, 0.1) is 25.4 Å². The Kier molecular flexibility index (Phi) is 38.9. The average Bonchev–Trinajstić information content (AvgIpc) is 3.23. The van der Waals surface area contributed by atoms with Crippen molar-refractivity contribution in [3.63, 3.8) is 0 Å². The molecule has 0 aromatic carbocycles. The first-order valence-electron chi connectivity index (χ1n) is 25.4. The molecule has 7 atom stereocenters.